The van der Waals surface area contributed by atoms with E-state index in [1.54, 1.807) is 23.2 Å². The Hall–Kier alpha value is -1.88. The number of nitrogens with one attached hydrogen (secondary N) is 1. The summed E-state index contributed by atoms with van der Waals surface area (Å²) in [4.78, 5) is 24.3. The molecule has 0 fully saturated rings. The molecular weight excluding hydrogens is 459 g/mol. The Kier molecular flexibility index (Phi) is 8.32. The number of nitrogens with zero attached hydrogens (tertiary/aromatic N) is 2. The Morgan fingerprint density at radius 3 is 2.47 bits per heavy atom. The number of methoxy groups -OCH3 is 1. The number of carbonyl (C=O) groups is 2. The van der Waals surface area contributed by atoms with E-state index >= 15 is 0 Å². The minimum Gasteiger partial charge on any atom is -0.465 e. The molecule has 0 aliphatic carbocycles. The number of thiophene rings is 1. The fourth-order valence-electron chi connectivity index (χ4n) is 2.43. The zero-order valence-electron chi connectivity index (χ0n) is 16.7. The lowest BCUT2D eigenvalue weighted by Gasteiger charge is -2.06. The van der Waals surface area contributed by atoms with Crippen LogP contribution in [0.2, 0.25) is 0 Å². The number of amides is 1. The first-order valence-electron chi connectivity index (χ1n) is 9.10. The van der Waals surface area contributed by atoms with Crippen LogP contribution in [0.3, 0.4) is 0 Å². The fraction of sp³-hybridized carbons (Fsp3) is 0.300. The summed E-state index contributed by atoms with van der Waals surface area (Å²) in [6.07, 6.45) is 0. The van der Waals surface area contributed by atoms with Crippen molar-refractivity contribution in [2.45, 2.75) is 34.2 Å². The molecule has 3 aromatic rings. The number of thioether (sulfide) groups is 2. The van der Waals surface area contributed by atoms with E-state index < -0.39 is 5.97 Å². The molecule has 0 saturated heterocycles. The van der Waals surface area contributed by atoms with Crippen molar-refractivity contribution in [1.29, 1.82) is 0 Å². The van der Waals surface area contributed by atoms with E-state index in [4.69, 9.17) is 4.74 Å². The number of carbonyl (C=O) groups excluding carboxylic acids is 2. The van der Waals surface area contributed by atoms with Crippen LogP contribution in [-0.2, 0) is 15.3 Å². The zero-order chi connectivity index (χ0) is 21.5. The molecule has 0 radical (unpaired) electrons. The van der Waals surface area contributed by atoms with Gasteiger partial charge in [-0.3, -0.25) is 4.79 Å². The van der Waals surface area contributed by atoms with Crippen molar-refractivity contribution in [1.82, 2.24) is 10.2 Å². The molecule has 6 nitrogen and oxygen atoms in total. The second-order valence-corrected chi connectivity index (χ2v) is 10.8. The highest BCUT2D eigenvalue weighted by atomic mass is 32.2. The lowest BCUT2D eigenvalue weighted by molar-refractivity contribution is -0.113. The van der Waals surface area contributed by atoms with Crippen LogP contribution < -0.4 is 5.32 Å². The van der Waals surface area contributed by atoms with Gasteiger partial charge in [-0.2, -0.15) is 0 Å². The number of esters is 1. The Bertz CT molecular complexity index is 999. The predicted octanol–water partition coefficient (Wildman–Crippen LogP) is 5.53. The normalized spacial score (nSPS) is 10.9. The molecule has 0 bridgehead atoms. The lowest BCUT2D eigenvalue weighted by Crippen LogP contribution is -2.15. The van der Waals surface area contributed by atoms with Crippen LogP contribution in [0, 0.1) is 0 Å². The molecule has 0 aliphatic heterocycles. The van der Waals surface area contributed by atoms with Crippen LogP contribution >= 0.6 is 46.2 Å². The molecule has 2 aromatic heterocycles. The first-order valence-corrected chi connectivity index (χ1v) is 12.8. The molecule has 3 rings (SSSR count). The van der Waals surface area contributed by atoms with Crippen LogP contribution in [0.5, 0.6) is 0 Å². The van der Waals surface area contributed by atoms with E-state index in [1.807, 2.05) is 0 Å². The lowest BCUT2D eigenvalue weighted by atomic mass is 10.0. The number of rotatable bonds is 9. The molecule has 1 N–H and O–H groups in total. The number of hydrogen-bond acceptors (Lipinski definition) is 9. The van der Waals surface area contributed by atoms with Gasteiger partial charge in [0, 0.05) is 5.75 Å². The van der Waals surface area contributed by atoms with Gasteiger partial charge in [-0.25, -0.2) is 4.79 Å². The Balaban J connectivity index is 1.47. The van der Waals surface area contributed by atoms with Crippen LogP contribution in [0.4, 0.5) is 5.69 Å². The average Bonchev–Trinajstić information content (AvgIpc) is 3.40. The molecule has 30 heavy (non-hydrogen) atoms. The topological polar surface area (TPSA) is 81.2 Å². The second kappa shape index (κ2) is 10.9. The fourth-order valence-corrected chi connectivity index (χ4v) is 5.97. The smallest absolute Gasteiger partial charge is 0.350 e. The third-order valence-electron chi connectivity index (χ3n) is 4.03. The molecule has 10 heteroatoms. The van der Waals surface area contributed by atoms with Crippen molar-refractivity contribution < 1.29 is 14.3 Å². The average molecular weight is 480 g/mol. The van der Waals surface area contributed by atoms with Gasteiger partial charge in [-0.05, 0) is 28.5 Å². The first kappa shape index (κ1) is 22.8. The van der Waals surface area contributed by atoms with Gasteiger partial charge in [0.2, 0.25) is 5.91 Å². The molecule has 0 saturated carbocycles. The summed E-state index contributed by atoms with van der Waals surface area (Å²) < 4.78 is 6.33. The summed E-state index contributed by atoms with van der Waals surface area (Å²) >= 11 is 5.66. The van der Waals surface area contributed by atoms with Crippen molar-refractivity contribution >= 4 is 63.8 Å². The Morgan fingerprint density at radius 2 is 1.80 bits per heavy atom. The van der Waals surface area contributed by atoms with Gasteiger partial charge in [0.15, 0.2) is 8.68 Å². The summed E-state index contributed by atoms with van der Waals surface area (Å²) in [6, 6.07) is 10.3. The summed E-state index contributed by atoms with van der Waals surface area (Å²) in [7, 11) is 1.31. The number of ether oxygens (including phenoxy) is 1. The van der Waals surface area contributed by atoms with Gasteiger partial charge in [0.25, 0.3) is 0 Å². The van der Waals surface area contributed by atoms with E-state index in [0.717, 1.165) is 14.4 Å². The van der Waals surface area contributed by atoms with Crippen LogP contribution in [0.25, 0.3) is 0 Å². The minimum atomic E-state index is -0.461. The van der Waals surface area contributed by atoms with Crippen molar-refractivity contribution in [3.05, 3.63) is 51.7 Å². The Labute approximate surface area is 191 Å². The molecule has 1 aromatic carbocycles. The number of benzene rings is 1. The van der Waals surface area contributed by atoms with Crippen LogP contribution in [0.15, 0.2) is 44.4 Å². The van der Waals surface area contributed by atoms with Crippen molar-refractivity contribution in [2.75, 3.05) is 18.2 Å². The van der Waals surface area contributed by atoms with Crippen molar-refractivity contribution in [2.24, 2.45) is 0 Å². The number of aromatic nitrogens is 2. The summed E-state index contributed by atoms with van der Waals surface area (Å²) in [5.74, 6) is 0.869. The van der Waals surface area contributed by atoms with Gasteiger partial charge in [0.1, 0.15) is 4.88 Å². The van der Waals surface area contributed by atoms with Crippen molar-refractivity contribution in [3.63, 3.8) is 0 Å². The van der Waals surface area contributed by atoms with E-state index in [-0.39, 0.29) is 11.7 Å². The van der Waals surface area contributed by atoms with Gasteiger partial charge < -0.3 is 10.1 Å². The van der Waals surface area contributed by atoms with Gasteiger partial charge >= 0.3 is 5.97 Å². The summed E-state index contributed by atoms with van der Waals surface area (Å²) in [6.45, 7) is 4.37. The van der Waals surface area contributed by atoms with Gasteiger partial charge in [-0.15, -0.1) is 21.5 Å². The monoisotopic (exact) mass is 479 g/mol. The summed E-state index contributed by atoms with van der Waals surface area (Å²) in [5, 5.41) is 12.8. The molecule has 158 valence electrons. The second-order valence-electron chi connectivity index (χ2n) is 6.51. The van der Waals surface area contributed by atoms with Crippen LogP contribution in [-0.4, -0.2) is 34.9 Å². The quantitative estimate of drug-likeness (QED) is 0.319. The van der Waals surface area contributed by atoms with Crippen molar-refractivity contribution in [3.8, 4) is 0 Å². The minimum absolute atomic E-state index is 0.187. The highest BCUT2D eigenvalue weighted by Crippen LogP contribution is 2.31. The molecule has 2 heterocycles. The molecule has 0 spiro atoms. The standard InChI is InChI=1S/C20H21N3O3S4/c1-12(2)14-6-4-13(5-7-14)10-28-19-22-23-20(30-19)29-11-16(24)21-15-8-9-27-17(15)18(25)26-3/h4-9,12H,10-11H2,1-3H3,(H,21,24). The number of anilines is 1. The Morgan fingerprint density at radius 1 is 1.10 bits per heavy atom. The van der Waals surface area contributed by atoms with Gasteiger partial charge in [-0.1, -0.05) is 73.0 Å². The zero-order valence-corrected chi connectivity index (χ0v) is 20.0. The SMILES string of the molecule is COC(=O)c1sccc1NC(=O)CSc1nnc(SCc2ccc(C(C)C)cc2)s1. The van der Waals surface area contributed by atoms with E-state index in [9.17, 15) is 9.59 Å². The third kappa shape index (κ3) is 6.31. The predicted molar refractivity (Wildman–Crippen MR) is 125 cm³/mol. The highest BCUT2D eigenvalue weighted by molar-refractivity contribution is 8.03. The molecule has 0 aliphatic rings. The maximum atomic E-state index is 12.2. The van der Waals surface area contributed by atoms with E-state index in [1.165, 1.54) is 52.7 Å². The third-order valence-corrected chi connectivity index (χ3v) is 8.19. The molecule has 0 unspecified atom stereocenters. The maximum Gasteiger partial charge on any atom is 0.350 e. The largest absolute Gasteiger partial charge is 0.465 e. The highest BCUT2D eigenvalue weighted by Gasteiger charge is 2.16. The molecule has 0 atom stereocenters. The maximum absolute atomic E-state index is 12.2. The summed E-state index contributed by atoms with van der Waals surface area (Å²) in [5.41, 5.74) is 3.04. The van der Waals surface area contributed by atoms with Crippen LogP contribution in [0.1, 0.15) is 40.6 Å². The molecule has 1 amide bonds. The first-order chi connectivity index (χ1) is 14.5. The van der Waals surface area contributed by atoms with E-state index in [2.05, 4.69) is 53.6 Å². The number of hydrogen-bond donors (Lipinski definition) is 1. The van der Waals surface area contributed by atoms with E-state index in [0.29, 0.717) is 16.5 Å². The molecular formula is C20H21N3O3S4. The van der Waals surface area contributed by atoms with Gasteiger partial charge in [0.05, 0.1) is 18.6 Å².